The summed E-state index contributed by atoms with van der Waals surface area (Å²) in [6, 6.07) is 7.10. The summed E-state index contributed by atoms with van der Waals surface area (Å²) in [6.07, 6.45) is 0.227. The van der Waals surface area contributed by atoms with Gasteiger partial charge in [0.2, 0.25) is 0 Å². The lowest BCUT2D eigenvalue weighted by Crippen LogP contribution is -2.32. The summed E-state index contributed by atoms with van der Waals surface area (Å²) in [6.45, 7) is -0.661. The van der Waals surface area contributed by atoms with Crippen LogP contribution in [-0.4, -0.2) is 35.6 Å². The van der Waals surface area contributed by atoms with Gasteiger partial charge in [0.05, 0.1) is 24.3 Å². The van der Waals surface area contributed by atoms with Crippen LogP contribution >= 0.6 is 0 Å². The third kappa shape index (κ3) is 4.62. The minimum absolute atomic E-state index is 0.00839. The van der Waals surface area contributed by atoms with Crippen molar-refractivity contribution in [2.75, 3.05) is 19.7 Å². The highest BCUT2D eigenvalue weighted by atomic mass is 19.1. The number of carbonyl (C=O) groups excluding carboxylic acids is 1. The number of aliphatic hydroxyl groups excluding tert-OH is 1. The van der Waals surface area contributed by atoms with Crippen molar-refractivity contribution < 1.29 is 14.3 Å². The van der Waals surface area contributed by atoms with E-state index in [0.717, 1.165) is 11.0 Å². The van der Waals surface area contributed by atoms with Crippen LogP contribution in [-0.2, 0) is 0 Å². The molecule has 1 rings (SSSR count). The van der Waals surface area contributed by atoms with E-state index >= 15 is 0 Å². The summed E-state index contributed by atoms with van der Waals surface area (Å²) in [4.78, 5) is 13.3. The summed E-state index contributed by atoms with van der Waals surface area (Å²) < 4.78 is 13.3. The van der Waals surface area contributed by atoms with Gasteiger partial charge >= 0.3 is 0 Å². The zero-order valence-corrected chi connectivity index (χ0v) is 11.1. The van der Waals surface area contributed by atoms with Crippen LogP contribution in [0.5, 0.6) is 0 Å². The average Bonchev–Trinajstić information content (AvgIpc) is 2.48. The Balaban J connectivity index is 3.18. The van der Waals surface area contributed by atoms with Gasteiger partial charge in [0.1, 0.15) is 18.9 Å². The number of nitriles is 2. The molecule has 0 fully saturated rings. The molecule has 0 saturated heterocycles. The van der Waals surface area contributed by atoms with E-state index in [4.69, 9.17) is 15.6 Å². The SMILES string of the molecule is N#CCN(CC#N)C(=O)c1cc(F)ccc1C#CCCO. The summed E-state index contributed by atoms with van der Waals surface area (Å²) in [5.41, 5.74) is 0.279. The van der Waals surface area contributed by atoms with Gasteiger partial charge in [-0.05, 0) is 18.2 Å². The topological polar surface area (TPSA) is 88.1 Å². The van der Waals surface area contributed by atoms with Gasteiger partial charge in [-0.2, -0.15) is 10.5 Å². The Morgan fingerprint density at radius 1 is 1.29 bits per heavy atom. The van der Waals surface area contributed by atoms with Crippen molar-refractivity contribution in [2.45, 2.75) is 6.42 Å². The van der Waals surface area contributed by atoms with E-state index in [2.05, 4.69) is 11.8 Å². The maximum Gasteiger partial charge on any atom is 0.256 e. The summed E-state index contributed by atoms with van der Waals surface area (Å²) >= 11 is 0. The Hall–Kier alpha value is -2.88. The molecule has 0 aromatic heterocycles. The minimum atomic E-state index is -0.633. The number of rotatable bonds is 4. The van der Waals surface area contributed by atoms with Crippen molar-refractivity contribution in [1.29, 1.82) is 10.5 Å². The Kier molecular flexibility index (Phi) is 6.41. The Labute approximate surface area is 121 Å². The van der Waals surface area contributed by atoms with Crippen LogP contribution in [0.1, 0.15) is 22.3 Å². The van der Waals surface area contributed by atoms with E-state index < -0.39 is 11.7 Å². The van der Waals surface area contributed by atoms with Crippen molar-refractivity contribution in [2.24, 2.45) is 0 Å². The molecular weight excluding hydrogens is 273 g/mol. The van der Waals surface area contributed by atoms with Crippen LogP contribution in [0, 0.1) is 40.3 Å². The zero-order chi connectivity index (χ0) is 15.7. The minimum Gasteiger partial charge on any atom is -0.395 e. The molecule has 1 N–H and O–H groups in total. The number of hydrogen-bond acceptors (Lipinski definition) is 4. The molecule has 0 atom stereocenters. The molecule has 21 heavy (non-hydrogen) atoms. The number of nitrogens with zero attached hydrogens (tertiary/aromatic N) is 3. The van der Waals surface area contributed by atoms with E-state index in [9.17, 15) is 9.18 Å². The highest BCUT2D eigenvalue weighted by Crippen LogP contribution is 2.13. The fourth-order valence-electron chi connectivity index (χ4n) is 1.56. The summed E-state index contributed by atoms with van der Waals surface area (Å²) in [5, 5.41) is 26.0. The molecule has 5 nitrogen and oxygen atoms in total. The first-order chi connectivity index (χ1) is 10.1. The van der Waals surface area contributed by atoms with Crippen LogP contribution in [0.3, 0.4) is 0 Å². The molecule has 0 heterocycles. The highest BCUT2D eigenvalue weighted by Gasteiger charge is 2.18. The lowest BCUT2D eigenvalue weighted by Gasteiger charge is -2.16. The van der Waals surface area contributed by atoms with E-state index in [1.54, 1.807) is 12.1 Å². The summed E-state index contributed by atoms with van der Waals surface area (Å²) in [7, 11) is 0. The second kappa shape index (κ2) is 8.32. The lowest BCUT2D eigenvalue weighted by atomic mass is 10.1. The fraction of sp³-hybridized carbons (Fsp3) is 0.267. The first-order valence-electron chi connectivity index (χ1n) is 6.06. The maximum atomic E-state index is 13.3. The van der Waals surface area contributed by atoms with E-state index in [-0.39, 0.29) is 37.2 Å². The standard InChI is InChI=1S/C15H12FN3O2/c16-13-5-4-12(3-1-2-10-20)14(11-13)15(21)19(8-6-17)9-7-18/h4-5,11,20H,2,8-10H2. The molecule has 0 radical (unpaired) electrons. The van der Waals surface area contributed by atoms with Gasteiger partial charge in [-0.25, -0.2) is 4.39 Å². The van der Waals surface area contributed by atoms with Gasteiger partial charge < -0.3 is 10.0 Å². The van der Waals surface area contributed by atoms with Gasteiger partial charge in [-0.1, -0.05) is 11.8 Å². The average molecular weight is 285 g/mol. The molecule has 6 heteroatoms. The van der Waals surface area contributed by atoms with Gasteiger partial charge in [0.15, 0.2) is 0 Å². The van der Waals surface area contributed by atoms with Gasteiger partial charge in [0.25, 0.3) is 5.91 Å². The molecule has 106 valence electrons. The van der Waals surface area contributed by atoms with E-state index in [1.807, 2.05) is 0 Å². The highest BCUT2D eigenvalue weighted by molar-refractivity contribution is 5.97. The monoisotopic (exact) mass is 285 g/mol. The number of amides is 1. The molecule has 0 aliphatic rings. The molecule has 1 aromatic carbocycles. The van der Waals surface area contributed by atoms with Crippen molar-refractivity contribution in [3.63, 3.8) is 0 Å². The number of aliphatic hydroxyl groups is 1. The molecule has 0 saturated carbocycles. The molecule has 1 amide bonds. The van der Waals surface area contributed by atoms with Crippen molar-refractivity contribution in [3.8, 4) is 24.0 Å². The van der Waals surface area contributed by atoms with Gasteiger partial charge in [-0.3, -0.25) is 4.79 Å². The van der Waals surface area contributed by atoms with Crippen LogP contribution in [0.15, 0.2) is 18.2 Å². The normalized spacial score (nSPS) is 8.95. The summed E-state index contributed by atoms with van der Waals surface area (Å²) in [5.74, 6) is 4.07. The van der Waals surface area contributed by atoms with Gasteiger partial charge in [0, 0.05) is 12.0 Å². The Morgan fingerprint density at radius 3 is 2.52 bits per heavy atom. The Morgan fingerprint density at radius 2 is 1.95 bits per heavy atom. The number of benzene rings is 1. The molecule has 0 aliphatic heterocycles. The number of halogens is 1. The molecule has 0 unspecified atom stereocenters. The largest absolute Gasteiger partial charge is 0.395 e. The Bertz CT molecular complexity index is 646. The van der Waals surface area contributed by atoms with E-state index in [1.165, 1.54) is 12.1 Å². The number of carbonyl (C=O) groups is 1. The van der Waals surface area contributed by atoms with Crippen LogP contribution in [0.2, 0.25) is 0 Å². The second-order valence-electron chi connectivity index (χ2n) is 3.94. The van der Waals surface area contributed by atoms with Crippen LogP contribution in [0.4, 0.5) is 4.39 Å². The molecule has 0 spiro atoms. The lowest BCUT2D eigenvalue weighted by molar-refractivity contribution is 0.0794. The quantitative estimate of drug-likeness (QED) is 0.661. The van der Waals surface area contributed by atoms with Crippen molar-refractivity contribution in [3.05, 3.63) is 35.1 Å². The van der Waals surface area contributed by atoms with E-state index in [0.29, 0.717) is 0 Å². The van der Waals surface area contributed by atoms with Gasteiger partial charge in [-0.15, -0.1) is 0 Å². The maximum absolute atomic E-state index is 13.3. The molecule has 0 bridgehead atoms. The third-order valence-electron chi connectivity index (χ3n) is 2.48. The van der Waals surface area contributed by atoms with Crippen molar-refractivity contribution in [1.82, 2.24) is 4.90 Å². The number of hydrogen-bond donors (Lipinski definition) is 1. The fourth-order valence-corrected chi connectivity index (χ4v) is 1.56. The predicted octanol–water partition coefficient (Wildman–Crippen LogP) is 1.05. The van der Waals surface area contributed by atoms with Crippen molar-refractivity contribution >= 4 is 5.91 Å². The molecule has 1 aromatic rings. The van der Waals surface area contributed by atoms with Crippen LogP contribution in [0.25, 0.3) is 0 Å². The zero-order valence-electron chi connectivity index (χ0n) is 11.1. The first kappa shape index (κ1) is 16.2. The van der Waals surface area contributed by atoms with Crippen LogP contribution < -0.4 is 0 Å². The predicted molar refractivity (Wildman–Crippen MR) is 72.1 cm³/mol. The molecular formula is C15H12FN3O2. The smallest absolute Gasteiger partial charge is 0.256 e. The second-order valence-corrected chi connectivity index (χ2v) is 3.94. The first-order valence-corrected chi connectivity index (χ1v) is 6.06. The molecule has 0 aliphatic carbocycles. The third-order valence-corrected chi connectivity index (χ3v) is 2.48.